The van der Waals surface area contributed by atoms with Gasteiger partial charge in [0.15, 0.2) is 5.78 Å². The monoisotopic (exact) mass is 658 g/mol. The average molecular weight is 659 g/mol. The van der Waals surface area contributed by atoms with E-state index in [9.17, 15) is 20.2 Å². The number of fused-ring (bicyclic) bond motifs is 2. The van der Waals surface area contributed by atoms with Gasteiger partial charge in [0.1, 0.15) is 11.3 Å². The van der Waals surface area contributed by atoms with Gasteiger partial charge >= 0.3 is 0 Å². The van der Waals surface area contributed by atoms with Crippen molar-refractivity contribution in [3.05, 3.63) is 153 Å². The highest BCUT2D eigenvalue weighted by Gasteiger charge is 2.29. The molecular formula is C37H22N8O5. The number of carbonyl (C=O) groups excluding carboxylic acids is 1. The Kier molecular flexibility index (Phi) is 7.18. The predicted molar refractivity (Wildman–Crippen MR) is 186 cm³/mol. The number of H-pyrrole nitrogens is 2. The molecule has 0 aliphatic rings. The zero-order chi connectivity index (χ0) is 34.4. The van der Waals surface area contributed by atoms with Gasteiger partial charge in [0.25, 0.3) is 11.4 Å². The molecule has 8 aromatic rings. The Bertz CT molecular complexity index is 2450. The lowest BCUT2D eigenvalue weighted by Gasteiger charge is -2.09. The first-order chi connectivity index (χ1) is 24.4. The van der Waals surface area contributed by atoms with Crippen molar-refractivity contribution in [2.45, 2.75) is 0 Å². The maximum atomic E-state index is 15.3. The van der Waals surface area contributed by atoms with E-state index in [4.69, 9.17) is 0 Å². The molecule has 240 valence electrons. The third-order valence-electron chi connectivity index (χ3n) is 8.44. The van der Waals surface area contributed by atoms with Gasteiger partial charge in [0, 0.05) is 106 Å². The third kappa shape index (κ3) is 5.20. The van der Waals surface area contributed by atoms with Crippen LogP contribution in [0.5, 0.6) is 0 Å². The first-order valence-corrected chi connectivity index (χ1v) is 15.2. The molecule has 0 bridgehead atoms. The number of nitrogens with one attached hydrogen (secondary N) is 2. The van der Waals surface area contributed by atoms with E-state index in [1.807, 2.05) is 24.3 Å². The second-order valence-electron chi connectivity index (χ2n) is 11.4. The van der Waals surface area contributed by atoms with Crippen LogP contribution in [-0.2, 0) is 0 Å². The van der Waals surface area contributed by atoms with Crippen molar-refractivity contribution >= 4 is 39.2 Å². The first kappa shape index (κ1) is 30.0. The summed E-state index contributed by atoms with van der Waals surface area (Å²) >= 11 is 0. The number of benzene rings is 2. The Balaban J connectivity index is 1.43. The van der Waals surface area contributed by atoms with Crippen LogP contribution in [-0.4, -0.2) is 45.5 Å². The van der Waals surface area contributed by atoms with E-state index in [0.717, 1.165) is 11.1 Å². The van der Waals surface area contributed by atoms with Crippen molar-refractivity contribution in [1.29, 1.82) is 0 Å². The molecule has 2 aromatic carbocycles. The van der Waals surface area contributed by atoms with E-state index in [1.54, 1.807) is 73.6 Å². The molecule has 0 saturated heterocycles. The van der Waals surface area contributed by atoms with Gasteiger partial charge in [-0.25, -0.2) is 9.97 Å². The van der Waals surface area contributed by atoms with Crippen LogP contribution in [0.4, 0.5) is 11.4 Å². The summed E-state index contributed by atoms with van der Waals surface area (Å²) in [5, 5.41) is 24.5. The quantitative estimate of drug-likeness (QED) is 0.0928. The predicted octanol–water partition coefficient (Wildman–Crippen LogP) is 7.94. The number of pyridine rings is 4. The van der Waals surface area contributed by atoms with Crippen LogP contribution in [0.1, 0.15) is 15.9 Å². The average Bonchev–Trinajstić information content (AvgIpc) is 3.74. The number of ketones is 1. The highest BCUT2D eigenvalue weighted by atomic mass is 16.6. The molecule has 50 heavy (non-hydrogen) atoms. The van der Waals surface area contributed by atoms with Gasteiger partial charge in [-0.2, -0.15) is 0 Å². The lowest BCUT2D eigenvalue weighted by Crippen LogP contribution is -2.05. The summed E-state index contributed by atoms with van der Waals surface area (Å²) in [6, 6.07) is 23.0. The SMILES string of the molecule is O=C(c1c(-c2cccc([N+](=O)[O-])c2)[nH]c2ncc(-c3cccnc3)cc12)c1c(-c2cccc([N+](=O)[O-])c2)[nH]c2ncc(-c3cccnc3)cc12. The number of carbonyl (C=O) groups is 1. The molecule has 13 nitrogen and oxygen atoms in total. The molecule has 0 saturated carbocycles. The van der Waals surface area contributed by atoms with E-state index < -0.39 is 15.6 Å². The van der Waals surface area contributed by atoms with Crippen molar-refractivity contribution in [2.24, 2.45) is 0 Å². The summed E-state index contributed by atoms with van der Waals surface area (Å²) in [5.41, 5.74) is 5.24. The number of non-ortho nitro benzene ring substituents is 2. The van der Waals surface area contributed by atoms with E-state index >= 15 is 4.79 Å². The number of nitrogens with zero attached hydrogens (tertiary/aromatic N) is 6. The molecule has 0 radical (unpaired) electrons. The second-order valence-corrected chi connectivity index (χ2v) is 11.4. The Morgan fingerprint density at radius 2 is 0.980 bits per heavy atom. The minimum absolute atomic E-state index is 0.154. The number of hydrogen-bond acceptors (Lipinski definition) is 9. The number of rotatable bonds is 8. The molecule has 6 aromatic heterocycles. The minimum Gasteiger partial charge on any atom is -0.339 e. The van der Waals surface area contributed by atoms with Crippen LogP contribution in [0, 0.1) is 20.2 Å². The fraction of sp³-hybridized carbons (Fsp3) is 0. The summed E-state index contributed by atoms with van der Waals surface area (Å²) in [7, 11) is 0. The largest absolute Gasteiger partial charge is 0.339 e. The molecule has 0 aliphatic heterocycles. The molecule has 6 heterocycles. The molecule has 0 amide bonds. The zero-order valence-electron chi connectivity index (χ0n) is 25.8. The molecule has 0 aliphatic carbocycles. The van der Waals surface area contributed by atoms with E-state index in [2.05, 4.69) is 29.9 Å². The number of nitro benzene ring substituents is 2. The summed E-state index contributed by atoms with van der Waals surface area (Å²) in [4.78, 5) is 62.1. The summed E-state index contributed by atoms with van der Waals surface area (Å²) < 4.78 is 0. The van der Waals surface area contributed by atoms with Crippen LogP contribution < -0.4 is 0 Å². The second kappa shape index (κ2) is 12.0. The normalized spacial score (nSPS) is 11.2. The maximum Gasteiger partial charge on any atom is 0.270 e. The fourth-order valence-electron chi connectivity index (χ4n) is 6.10. The van der Waals surface area contributed by atoms with Crippen LogP contribution in [0.15, 0.2) is 122 Å². The summed E-state index contributed by atoms with van der Waals surface area (Å²) in [6.45, 7) is 0. The van der Waals surface area contributed by atoms with Crippen molar-refractivity contribution in [3.8, 4) is 44.8 Å². The molecule has 0 atom stereocenters. The lowest BCUT2D eigenvalue weighted by atomic mass is 9.93. The fourth-order valence-corrected chi connectivity index (χ4v) is 6.10. The molecule has 0 unspecified atom stereocenters. The van der Waals surface area contributed by atoms with Crippen molar-refractivity contribution in [3.63, 3.8) is 0 Å². The van der Waals surface area contributed by atoms with Gasteiger partial charge in [-0.3, -0.25) is 35.0 Å². The number of aromatic amines is 2. The van der Waals surface area contributed by atoms with E-state index in [-0.39, 0.29) is 22.5 Å². The highest BCUT2D eigenvalue weighted by Crippen LogP contribution is 2.40. The molecule has 13 heteroatoms. The molecular weight excluding hydrogens is 636 g/mol. The zero-order valence-corrected chi connectivity index (χ0v) is 25.8. The highest BCUT2D eigenvalue weighted by molar-refractivity contribution is 6.27. The van der Waals surface area contributed by atoms with Gasteiger partial charge in [-0.05, 0) is 24.3 Å². The standard InChI is InChI=1S/C37H22N8O5/c46-35(31-29-15-25(23-7-3-11-38-17-23)19-40-36(29)42-33(31)21-5-1-9-27(13-21)44(47)48)32-30-16-26(24-8-4-12-39-18-24)20-41-37(30)43-34(32)22-6-2-10-28(14-22)45(49)50/h1-20H,(H,40,42)(H,41,43). The number of aromatic nitrogens is 6. The maximum absolute atomic E-state index is 15.3. The van der Waals surface area contributed by atoms with Crippen LogP contribution in [0.2, 0.25) is 0 Å². The summed E-state index contributed by atoms with van der Waals surface area (Å²) in [5.74, 6) is -0.458. The minimum atomic E-state index is -0.502. The molecule has 8 rings (SSSR count). The van der Waals surface area contributed by atoms with Crippen LogP contribution >= 0.6 is 0 Å². The van der Waals surface area contributed by atoms with Crippen molar-refractivity contribution in [1.82, 2.24) is 29.9 Å². The van der Waals surface area contributed by atoms with Gasteiger partial charge in [-0.1, -0.05) is 36.4 Å². The van der Waals surface area contributed by atoms with Crippen LogP contribution in [0.25, 0.3) is 66.8 Å². The Morgan fingerprint density at radius 3 is 1.38 bits per heavy atom. The van der Waals surface area contributed by atoms with Gasteiger partial charge in [-0.15, -0.1) is 0 Å². The van der Waals surface area contributed by atoms with Crippen molar-refractivity contribution < 1.29 is 14.6 Å². The third-order valence-corrected chi connectivity index (χ3v) is 8.44. The van der Waals surface area contributed by atoms with Gasteiger partial charge in [0.05, 0.1) is 32.4 Å². The first-order valence-electron chi connectivity index (χ1n) is 15.2. The van der Waals surface area contributed by atoms with E-state index in [0.29, 0.717) is 55.7 Å². The molecule has 0 spiro atoms. The van der Waals surface area contributed by atoms with Crippen molar-refractivity contribution in [2.75, 3.05) is 0 Å². The van der Waals surface area contributed by atoms with Crippen LogP contribution in [0.3, 0.4) is 0 Å². The Labute approximate surface area is 281 Å². The molecule has 0 fully saturated rings. The van der Waals surface area contributed by atoms with Gasteiger partial charge in [0.2, 0.25) is 0 Å². The number of nitro groups is 2. The number of hydrogen-bond donors (Lipinski definition) is 2. The lowest BCUT2D eigenvalue weighted by molar-refractivity contribution is -0.385. The summed E-state index contributed by atoms with van der Waals surface area (Å²) in [6.07, 6.45) is 9.99. The van der Waals surface area contributed by atoms with Gasteiger partial charge < -0.3 is 9.97 Å². The topological polar surface area (TPSA) is 186 Å². The molecule has 2 N–H and O–H groups in total. The smallest absolute Gasteiger partial charge is 0.270 e. The Hall–Kier alpha value is -7.41. The Morgan fingerprint density at radius 1 is 0.540 bits per heavy atom. The van der Waals surface area contributed by atoms with E-state index in [1.165, 1.54) is 24.3 Å².